The van der Waals surface area contributed by atoms with Crippen LogP contribution in [0.2, 0.25) is 0 Å². The van der Waals surface area contributed by atoms with Gasteiger partial charge in [0.15, 0.2) is 15.0 Å². The van der Waals surface area contributed by atoms with Crippen LogP contribution in [0.15, 0.2) is 35.6 Å². The molecule has 1 fully saturated rings. The molecule has 1 atom stereocenters. The van der Waals surface area contributed by atoms with Crippen LogP contribution in [-0.4, -0.2) is 59.6 Å². The van der Waals surface area contributed by atoms with Gasteiger partial charge in [0.2, 0.25) is 0 Å². The zero-order valence-corrected chi connectivity index (χ0v) is 15.5. The van der Waals surface area contributed by atoms with E-state index in [1.165, 1.54) is 35.0 Å². The summed E-state index contributed by atoms with van der Waals surface area (Å²) in [6.07, 6.45) is 3.74. The minimum absolute atomic E-state index is 0.0185. The van der Waals surface area contributed by atoms with E-state index in [2.05, 4.69) is 4.98 Å². The van der Waals surface area contributed by atoms with Crippen molar-refractivity contribution in [2.24, 2.45) is 0 Å². The average molecular weight is 383 g/mol. The summed E-state index contributed by atoms with van der Waals surface area (Å²) in [5.41, 5.74) is 0.946. The lowest BCUT2D eigenvalue weighted by atomic mass is 10.2. The second-order valence-corrected chi connectivity index (χ2v) is 8.92. The molecular formula is C16H18FN3O3S2. The number of sulfone groups is 1. The first kappa shape index (κ1) is 17.9. The molecule has 1 saturated heterocycles. The molecule has 1 amide bonds. The van der Waals surface area contributed by atoms with E-state index in [1.807, 2.05) is 6.26 Å². The molecular weight excluding hydrogens is 365 g/mol. The highest BCUT2D eigenvalue weighted by molar-refractivity contribution is 7.98. The van der Waals surface area contributed by atoms with Crippen molar-refractivity contribution >= 4 is 27.5 Å². The number of aromatic nitrogens is 2. The first-order chi connectivity index (χ1) is 11.8. The third-order valence-corrected chi connectivity index (χ3v) is 6.70. The normalized spacial score (nSPS) is 19.1. The molecule has 25 heavy (non-hydrogen) atoms. The Kier molecular flexibility index (Phi) is 4.88. The molecule has 1 aromatic heterocycles. The Bertz CT molecular complexity index is 894. The maximum absolute atomic E-state index is 13.2. The van der Waals surface area contributed by atoms with Crippen molar-refractivity contribution in [3.63, 3.8) is 0 Å². The molecule has 134 valence electrons. The van der Waals surface area contributed by atoms with Gasteiger partial charge in [0.05, 0.1) is 17.7 Å². The Balaban J connectivity index is 1.96. The number of carbonyl (C=O) groups excluding carboxylic acids is 1. The Morgan fingerprint density at radius 1 is 1.36 bits per heavy atom. The lowest BCUT2D eigenvalue weighted by Crippen LogP contribution is -2.38. The molecule has 6 nitrogen and oxygen atoms in total. The number of imidazole rings is 1. The Labute approximate surface area is 150 Å². The van der Waals surface area contributed by atoms with Crippen LogP contribution in [0.1, 0.15) is 16.9 Å². The summed E-state index contributed by atoms with van der Waals surface area (Å²) >= 11 is 1.37. The molecule has 0 N–H and O–H groups in total. The predicted molar refractivity (Wildman–Crippen MR) is 94.5 cm³/mol. The molecule has 0 aliphatic carbocycles. The number of hydrogen-bond donors (Lipinski definition) is 0. The van der Waals surface area contributed by atoms with Gasteiger partial charge in [-0.1, -0.05) is 11.8 Å². The fourth-order valence-electron chi connectivity index (χ4n) is 2.90. The number of amides is 1. The first-order valence-corrected chi connectivity index (χ1v) is 10.7. The van der Waals surface area contributed by atoms with Gasteiger partial charge in [-0.15, -0.1) is 0 Å². The number of carbonyl (C=O) groups is 1. The largest absolute Gasteiger partial charge is 0.336 e. The number of halogens is 1. The quantitative estimate of drug-likeness (QED) is 0.755. The summed E-state index contributed by atoms with van der Waals surface area (Å²) < 4.78 is 38.2. The van der Waals surface area contributed by atoms with Crippen LogP contribution in [-0.2, 0) is 9.84 Å². The van der Waals surface area contributed by atoms with Crippen molar-refractivity contribution in [3.05, 3.63) is 42.0 Å². The fraction of sp³-hybridized carbons (Fsp3) is 0.375. The molecule has 1 aliphatic rings. The van der Waals surface area contributed by atoms with Crippen molar-refractivity contribution in [1.82, 2.24) is 14.5 Å². The van der Waals surface area contributed by atoms with Gasteiger partial charge in [0.25, 0.3) is 5.91 Å². The SMILES string of the molecule is CSc1ncc(C(=O)N(C)C2CCS(=O)(=O)C2)n1-c1ccc(F)cc1. The number of benzene rings is 1. The number of rotatable bonds is 4. The monoisotopic (exact) mass is 383 g/mol. The minimum atomic E-state index is -3.08. The van der Waals surface area contributed by atoms with E-state index in [9.17, 15) is 17.6 Å². The van der Waals surface area contributed by atoms with Gasteiger partial charge >= 0.3 is 0 Å². The smallest absolute Gasteiger partial charge is 0.272 e. The van der Waals surface area contributed by atoms with E-state index in [-0.39, 0.29) is 29.3 Å². The number of thioether (sulfide) groups is 1. The van der Waals surface area contributed by atoms with Gasteiger partial charge in [-0.05, 0) is 36.9 Å². The van der Waals surface area contributed by atoms with Crippen LogP contribution < -0.4 is 0 Å². The molecule has 0 radical (unpaired) electrons. The van der Waals surface area contributed by atoms with E-state index >= 15 is 0 Å². The lowest BCUT2D eigenvalue weighted by molar-refractivity contribution is 0.0739. The topological polar surface area (TPSA) is 72.3 Å². The second-order valence-electron chi connectivity index (χ2n) is 5.91. The number of hydrogen-bond acceptors (Lipinski definition) is 5. The molecule has 1 unspecified atom stereocenters. The standard InChI is InChI=1S/C16H18FN3O3S2/c1-19(13-7-8-25(22,23)10-13)15(21)14-9-18-16(24-2)20(14)12-5-3-11(17)4-6-12/h3-6,9,13H,7-8,10H2,1-2H3. The highest BCUT2D eigenvalue weighted by Crippen LogP contribution is 2.24. The predicted octanol–water partition coefficient (Wildman–Crippen LogP) is 1.99. The molecule has 3 rings (SSSR count). The van der Waals surface area contributed by atoms with Crippen molar-refractivity contribution in [1.29, 1.82) is 0 Å². The Hall–Kier alpha value is -1.87. The minimum Gasteiger partial charge on any atom is -0.336 e. The van der Waals surface area contributed by atoms with Crippen molar-refractivity contribution in [3.8, 4) is 5.69 Å². The van der Waals surface area contributed by atoms with E-state index in [0.717, 1.165) is 0 Å². The van der Waals surface area contributed by atoms with Gasteiger partial charge in [0, 0.05) is 18.8 Å². The van der Waals surface area contributed by atoms with Gasteiger partial charge < -0.3 is 4.90 Å². The van der Waals surface area contributed by atoms with Crippen LogP contribution in [0, 0.1) is 5.82 Å². The zero-order chi connectivity index (χ0) is 18.2. The Morgan fingerprint density at radius 3 is 2.60 bits per heavy atom. The second kappa shape index (κ2) is 6.80. The Morgan fingerprint density at radius 2 is 2.04 bits per heavy atom. The summed E-state index contributed by atoms with van der Waals surface area (Å²) in [6.45, 7) is 0. The van der Waals surface area contributed by atoms with Gasteiger partial charge in [0.1, 0.15) is 11.5 Å². The zero-order valence-electron chi connectivity index (χ0n) is 13.8. The molecule has 0 bridgehead atoms. The maximum atomic E-state index is 13.2. The van der Waals surface area contributed by atoms with Crippen LogP contribution in [0.3, 0.4) is 0 Å². The van der Waals surface area contributed by atoms with Crippen LogP contribution in [0.4, 0.5) is 4.39 Å². The van der Waals surface area contributed by atoms with Gasteiger partial charge in [-0.25, -0.2) is 17.8 Å². The van der Waals surface area contributed by atoms with Gasteiger partial charge in [-0.2, -0.15) is 0 Å². The van der Waals surface area contributed by atoms with Crippen molar-refractivity contribution in [2.75, 3.05) is 24.8 Å². The summed E-state index contributed by atoms with van der Waals surface area (Å²) in [5.74, 6) is -0.590. The third-order valence-electron chi connectivity index (χ3n) is 4.29. The molecule has 9 heteroatoms. The maximum Gasteiger partial charge on any atom is 0.272 e. The van der Waals surface area contributed by atoms with E-state index < -0.39 is 9.84 Å². The van der Waals surface area contributed by atoms with Crippen LogP contribution >= 0.6 is 11.8 Å². The summed E-state index contributed by atoms with van der Waals surface area (Å²) in [4.78, 5) is 18.6. The van der Waals surface area contributed by atoms with E-state index in [0.29, 0.717) is 23.0 Å². The lowest BCUT2D eigenvalue weighted by Gasteiger charge is -2.24. The highest BCUT2D eigenvalue weighted by atomic mass is 32.2. The molecule has 2 heterocycles. The van der Waals surface area contributed by atoms with Crippen LogP contribution in [0.25, 0.3) is 5.69 Å². The number of nitrogens with zero attached hydrogens (tertiary/aromatic N) is 3. The highest BCUT2D eigenvalue weighted by Gasteiger charge is 2.34. The third kappa shape index (κ3) is 3.57. The van der Waals surface area contributed by atoms with Gasteiger partial charge in [-0.3, -0.25) is 9.36 Å². The summed E-state index contributed by atoms with van der Waals surface area (Å²) in [7, 11) is -1.48. The summed E-state index contributed by atoms with van der Waals surface area (Å²) in [6, 6.07) is 5.45. The first-order valence-electron chi connectivity index (χ1n) is 7.67. The van der Waals surface area contributed by atoms with E-state index in [1.54, 1.807) is 23.7 Å². The van der Waals surface area contributed by atoms with Crippen molar-refractivity contribution < 1.29 is 17.6 Å². The molecule has 0 spiro atoms. The molecule has 1 aliphatic heterocycles. The molecule has 2 aromatic rings. The summed E-state index contributed by atoms with van der Waals surface area (Å²) in [5, 5.41) is 0.599. The average Bonchev–Trinajstić information content (AvgIpc) is 3.17. The van der Waals surface area contributed by atoms with E-state index in [4.69, 9.17) is 0 Å². The van der Waals surface area contributed by atoms with Crippen LogP contribution in [0.5, 0.6) is 0 Å². The molecule has 0 saturated carbocycles. The van der Waals surface area contributed by atoms with Crippen molar-refractivity contribution in [2.45, 2.75) is 17.6 Å². The fourth-order valence-corrected chi connectivity index (χ4v) is 5.22. The molecule has 1 aromatic carbocycles.